The van der Waals surface area contributed by atoms with Crippen LogP contribution in [0.4, 0.5) is 0 Å². The first-order chi connectivity index (χ1) is 9.68. The van der Waals surface area contributed by atoms with E-state index >= 15 is 0 Å². The number of nitrogens with zero attached hydrogens (tertiary/aromatic N) is 2. The number of aromatic nitrogens is 2. The molecule has 0 aliphatic heterocycles. The Kier molecular flexibility index (Phi) is 4.43. The number of hydrogen-bond donors (Lipinski definition) is 1. The highest BCUT2D eigenvalue weighted by Gasteiger charge is 2.12. The molecule has 21 heavy (non-hydrogen) atoms. The summed E-state index contributed by atoms with van der Waals surface area (Å²) in [5.74, 6) is 0.0143. The Morgan fingerprint density at radius 1 is 1.00 bits per heavy atom. The van der Waals surface area contributed by atoms with Crippen LogP contribution in [0.2, 0.25) is 0 Å². The highest BCUT2D eigenvalue weighted by atomic mass is 79.9. The summed E-state index contributed by atoms with van der Waals surface area (Å²) in [6.45, 7) is 0.185. The molecule has 0 aliphatic carbocycles. The summed E-state index contributed by atoms with van der Waals surface area (Å²) in [6, 6.07) is 16.9. The van der Waals surface area contributed by atoms with Crippen molar-refractivity contribution in [3.63, 3.8) is 0 Å². The number of hydrogen-bond acceptors (Lipinski definition) is 2. The molecule has 0 fully saturated rings. The normalized spacial score (nSPS) is 10.3. The van der Waals surface area contributed by atoms with Crippen LogP contribution in [0.1, 0.15) is 10.4 Å². The van der Waals surface area contributed by atoms with E-state index in [0.29, 0.717) is 11.2 Å². The van der Waals surface area contributed by atoms with E-state index in [4.69, 9.17) is 5.41 Å². The van der Waals surface area contributed by atoms with Gasteiger partial charge in [0.05, 0.1) is 17.6 Å². The van der Waals surface area contributed by atoms with Gasteiger partial charge in [0.1, 0.15) is 0 Å². The highest BCUT2D eigenvalue weighted by Crippen LogP contribution is 2.12. The summed E-state index contributed by atoms with van der Waals surface area (Å²) < 4.78 is 3.53. The Hall–Kier alpha value is -2.14. The van der Waals surface area contributed by atoms with Gasteiger partial charge >= 0.3 is 0 Å². The molecule has 0 saturated heterocycles. The van der Waals surface area contributed by atoms with E-state index < -0.39 is 0 Å². The van der Waals surface area contributed by atoms with Crippen molar-refractivity contribution >= 4 is 33.8 Å². The second-order valence-corrected chi connectivity index (χ2v) is 4.75. The van der Waals surface area contributed by atoms with E-state index in [2.05, 4.69) is 0 Å². The largest absolute Gasteiger partial charge is 0.313 e. The number of aryl methyl sites for hydroxylation is 1. The van der Waals surface area contributed by atoms with Crippen molar-refractivity contribution in [1.29, 1.82) is 5.41 Å². The Labute approximate surface area is 132 Å². The summed E-state index contributed by atoms with van der Waals surface area (Å²) in [5.41, 5.74) is 2.87. The molecule has 0 radical (unpaired) electrons. The molecule has 108 valence electrons. The lowest BCUT2D eigenvalue weighted by Gasteiger charge is -2.04. The molecule has 1 N–H and O–H groups in total. The van der Waals surface area contributed by atoms with Crippen molar-refractivity contribution in [2.24, 2.45) is 7.05 Å². The van der Waals surface area contributed by atoms with Crippen LogP contribution < -0.4 is 5.62 Å². The third-order valence-electron chi connectivity index (χ3n) is 3.50. The van der Waals surface area contributed by atoms with Gasteiger partial charge in [0.15, 0.2) is 5.78 Å². The summed E-state index contributed by atoms with van der Waals surface area (Å²) in [4.78, 5) is 12.3. The molecule has 0 bridgehead atoms. The number of carbonyl (C=O) groups excluding carboxylic acids is 1. The Morgan fingerprint density at radius 2 is 1.57 bits per heavy atom. The maximum Gasteiger partial charge on any atom is 0.203 e. The molecule has 0 atom stereocenters. The first-order valence-electron chi connectivity index (χ1n) is 6.45. The first-order valence-corrected chi connectivity index (χ1v) is 6.45. The number of para-hydroxylation sites is 2. The smallest absolute Gasteiger partial charge is 0.203 e. The van der Waals surface area contributed by atoms with Crippen LogP contribution in [0.25, 0.3) is 11.0 Å². The molecule has 4 nitrogen and oxygen atoms in total. The number of carbonyl (C=O) groups is 1. The lowest BCUT2D eigenvalue weighted by molar-refractivity contribution is 0.0971. The fraction of sp³-hybridized carbons (Fsp3) is 0.125. The highest BCUT2D eigenvalue weighted by molar-refractivity contribution is 8.93. The summed E-state index contributed by atoms with van der Waals surface area (Å²) in [5, 5.41) is 8.15. The minimum absolute atomic E-state index is 0. The van der Waals surface area contributed by atoms with Gasteiger partial charge < -0.3 is 9.13 Å². The van der Waals surface area contributed by atoms with Gasteiger partial charge in [-0.1, -0.05) is 42.5 Å². The molecule has 0 unspecified atom stereocenters. The molecular formula is C16H16BrN3O. The second kappa shape index (κ2) is 6.10. The second-order valence-electron chi connectivity index (χ2n) is 4.75. The molecule has 0 amide bonds. The van der Waals surface area contributed by atoms with Crippen LogP contribution in [0.15, 0.2) is 54.6 Å². The number of nitrogens with one attached hydrogen (secondary N) is 1. The van der Waals surface area contributed by atoms with Crippen molar-refractivity contribution in [2.45, 2.75) is 6.54 Å². The van der Waals surface area contributed by atoms with Gasteiger partial charge in [0.25, 0.3) is 0 Å². The third-order valence-corrected chi connectivity index (χ3v) is 3.50. The number of fused-ring (bicyclic) bond motifs is 1. The van der Waals surface area contributed by atoms with Gasteiger partial charge in [-0.15, -0.1) is 17.0 Å². The quantitative estimate of drug-likeness (QED) is 0.729. The van der Waals surface area contributed by atoms with Crippen LogP contribution in [-0.4, -0.2) is 14.9 Å². The number of Topliss-reactive ketones (excluding diaryl/α,β-unsaturated/α-hetero) is 1. The summed E-state index contributed by atoms with van der Waals surface area (Å²) in [6.07, 6.45) is 0. The minimum Gasteiger partial charge on any atom is -0.313 e. The number of rotatable bonds is 3. The van der Waals surface area contributed by atoms with E-state index in [1.54, 1.807) is 21.3 Å². The Morgan fingerprint density at radius 3 is 2.24 bits per heavy atom. The minimum atomic E-state index is 0. The molecule has 1 heterocycles. The standard InChI is InChI=1S/C16H15N3O.BrH/c1-18-13-9-5-6-10-14(13)19(16(18)17)11-15(20)12-7-3-2-4-8-12;/h2-10,17H,11H2,1H3;1H. The number of ketones is 1. The lowest BCUT2D eigenvalue weighted by atomic mass is 10.1. The SMILES string of the molecule is Br.Cn1c(=N)n(CC(=O)c2ccccc2)c2ccccc21. The van der Waals surface area contributed by atoms with Crippen LogP contribution in [0.3, 0.4) is 0 Å². The van der Waals surface area contributed by atoms with Gasteiger partial charge in [0, 0.05) is 12.6 Å². The van der Waals surface area contributed by atoms with Crippen molar-refractivity contribution in [3.05, 3.63) is 65.8 Å². The fourth-order valence-electron chi connectivity index (χ4n) is 2.40. The molecular weight excluding hydrogens is 330 g/mol. The zero-order valence-electron chi connectivity index (χ0n) is 11.6. The van der Waals surface area contributed by atoms with Gasteiger partial charge in [-0.2, -0.15) is 0 Å². The number of imidazole rings is 1. The summed E-state index contributed by atoms with van der Waals surface area (Å²) >= 11 is 0. The summed E-state index contributed by atoms with van der Waals surface area (Å²) in [7, 11) is 1.84. The van der Waals surface area contributed by atoms with Gasteiger partial charge in [-0.25, -0.2) is 0 Å². The van der Waals surface area contributed by atoms with Crippen LogP contribution in [0, 0.1) is 5.41 Å². The predicted molar refractivity (Wildman–Crippen MR) is 87.9 cm³/mol. The average Bonchev–Trinajstić information content (AvgIpc) is 2.74. The number of benzene rings is 2. The van der Waals surface area contributed by atoms with Gasteiger partial charge in [-0.05, 0) is 12.1 Å². The molecule has 0 spiro atoms. The maximum absolute atomic E-state index is 12.3. The zero-order valence-corrected chi connectivity index (χ0v) is 13.3. The lowest BCUT2D eigenvalue weighted by Crippen LogP contribution is -2.25. The van der Waals surface area contributed by atoms with E-state index in [1.165, 1.54) is 0 Å². The van der Waals surface area contributed by atoms with Gasteiger partial charge in [-0.3, -0.25) is 10.2 Å². The van der Waals surface area contributed by atoms with Crippen LogP contribution in [-0.2, 0) is 13.6 Å². The maximum atomic E-state index is 12.3. The molecule has 0 saturated carbocycles. The topological polar surface area (TPSA) is 50.8 Å². The number of halogens is 1. The van der Waals surface area contributed by atoms with Crippen molar-refractivity contribution in [3.8, 4) is 0 Å². The molecule has 0 aliphatic rings. The molecule has 3 rings (SSSR count). The Balaban J connectivity index is 0.00000161. The van der Waals surface area contributed by atoms with E-state index in [-0.39, 0.29) is 29.3 Å². The molecule has 3 aromatic rings. The van der Waals surface area contributed by atoms with Crippen molar-refractivity contribution < 1.29 is 4.79 Å². The van der Waals surface area contributed by atoms with Crippen LogP contribution >= 0.6 is 17.0 Å². The Bertz CT molecular complexity index is 834. The fourth-order valence-corrected chi connectivity index (χ4v) is 2.40. The monoisotopic (exact) mass is 345 g/mol. The zero-order chi connectivity index (χ0) is 14.1. The van der Waals surface area contributed by atoms with E-state index in [0.717, 1.165) is 11.0 Å². The van der Waals surface area contributed by atoms with E-state index in [1.807, 2.05) is 49.5 Å². The third kappa shape index (κ3) is 2.69. The van der Waals surface area contributed by atoms with E-state index in [9.17, 15) is 4.79 Å². The van der Waals surface area contributed by atoms with Gasteiger partial charge in [0.2, 0.25) is 5.62 Å². The van der Waals surface area contributed by atoms with Crippen molar-refractivity contribution in [1.82, 2.24) is 9.13 Å². The molecule has 5 heteroatoms. The van der Waals surface area contributed by atoms with Crippen molar-refractivity contribution in [2.75, 3.05) is 0 Å². The molecule has 1 aromatic heterocycles. The predicted octanol–water partition coefficient (Wildman–Crippen LogP) is 2.92. The average molecular weight is 346 g/mol. The first kappa shape index (κ1) is 15.3. The molecule has 2 aromatic carbocycles. The van der Waals surface area contributed by atoms with Crippen LogP contribution in [0.5, 0.6) is 0 Å².